The lowest BCUT2D eigenvalue weighted by atomic mass is 9.98. The second kappa shape index (κ2) is 8.73. The van der Waals surface area contributed by atoms with Crippen LogP contribution >= 0.6 is 0 Å². The van der Waals surface area contributed by atoms with Crippen LogP contribution in [0.3, 0.4) is 0 Å². The Kier molecular flexibility index (Phi) is 6.38. The molecule has 142 valence electrons. The van der Waals surface area contributed by atoms with Crippen molar-refractivity contribution < 1.29 is 13.6 Å². The molecular weight excluding hydrogens is 336 g/mol. The number of halogens is 2. The Morgan fingerprint density at radius 2 is 1.85 bits per heavy atom. The molecule has 2 aliphatic rings. The molecule has 2 heterocycles. The quantitative estimate of drug-likeness (QED) is 0.836. The third kappa shape index (κ3) is 4.89. The second-order valence-electron chi connectivity index (χ2n) is 7.35. The van der Waals surface area contributed by atoms with Crippen LogP contribution in [0.4, 0.5) is 8.78 Å². The zero-order chi connectivity index (χ0) is 18.5. The summed E-state index contributed by atoms with van der Waals surface area (Å²) in [7, 11) is 2.15. The molecule has 0 unspecified atom stereocenters. The van der Waals surface area contributed by atoms with Gasteiger partial charge < -0.3 is 10.2 Å². The molecular formula is C20H27F2N3O. The van der Waals surface area contributed by atoms with Crippen LogP contribution < -0.4 is 5.32 Å². The van der Waals surface area contributed by atoms with Gasteiger partial charge in [0.05, 0.1) is 0 Å². The van der Waals surface area contributed by atoms with Gasteiger partial charge in [-0.15, -0.1) is 0 Å². The number of nitrogens with one attached hydrogen (secondary N) is 1. The highest BCUT2D eigenvalue weighted by atomic mass is 19.1. The van der Waals surface area contributed by atoms with E-state index in [-0.39, 0.29) is 17.5 Å². The lowest BCUT2D eigenvalue weighted by molar-refractivity contribution is -0.117. The summed E-state index contributed by atoms with van der Waals surface area (Å²) in [5.74, 6) is -1.64. The molecule has 6 heteroatoms. The third-order valence-electron chi connectivity index (χ3n) is 5.40. The van der Waals surface area contributed by atoms with E-state index in [9.17, 15) is 13.6 Å². The first kappa shape index (κ1) is 19.0. The molecule has 1 atom stereocenters. The van der Waals surface area contributed by atoms with Crippen molar-refractivity contribution in [2.45, 2.75) is 37.8 Å². The minimum atomic E-state index is -0.667. The van der Waals surface area contributed by atoms with E-state index >= 15 is 0 Å². The lowest BCUT2D eigenvalue weighted by Crippen LogP contribution is -2.53. The molecule has 0 aliphatic carbocycles. The smallest absolute Gasteiger partial charge is 0.244 e. The monoisotopic (exact) mass is 363 g/mol. The molecule has 3 rings (SSSR count). The van der Waals surface area contributed by atoms with Gasteiger partial charge in [0.15, 0.2) is 0 Å². The Bertz CT molecular complexity index is 636. The van der Waals surface area contributed by atoms with Gasteiger partial charge in [-0.2, -0.15) is 0 Å². The lowest BCUT2D eigenvalue weighted by Gasteiger charge is -2.41. The maximum Gasteiger partial charge on any atom is 0.244 e. The van der Waals surface area contributed by atoms with Gasteiger partial charge in [0.25, 0.3) is 0 Å². The van der Waals surface area contributed by atoms with Crippen LogP contribution in [0.5, 0.6) is 0 Å². The van der Waals surface area contributed by atoms with Crippen molar-refractivity contribution in [3.63, 3.8) is 0 Å². The molecule has 1 aromatic rings. The molecule has 2 aliphatic heterocycles. The number of piperidine rings is 2. The first-order valence-corrected chi connectivity index (χ1v) is 9.38. The van der Waals surface area contributed by atoms with Gasteiger partial charge >= 0.3 is 0 Å². The van der Waals surface area contributed by atoms with Gasteiger partial charge in [0, 0.05) is 30.3 Å². The maximum atomic E-state index is 13.6. The number of rotatable bonds is 4. The Morgan fingerprint density at radius 3 is 2.54 bits per heavy atom. The van der Waals surface area contributed by atoms with E-state index in [0.29, 0.717) is 6.04 Å². The zero-order valence-electron chi connectivity index (χ0n) is 15.3. The minimum Gasteiger partial charge on any atom is -0.349 e. The van der Waals surface area contributed by atoms with Crippen LogP contribution in [0.25, 0.3) is 6.08 Å². The molecule has 1 amide bonds. The largest absolute Gasteiger partial charge is 0.349 e. The number of nitrogens with zero attached hydrogens (tertiary/aromatic N) is 2. The fourth-order valence-corrected chi connectivity index (χ4v) is 3.89. The fraction of sp³-hybridized carbons (Fsp3) is 0.550. The molecule has 2 saturated heterocycles. The fourth-order valence-electron chi connectivity index (χ4n) is 3.89. The van der Waals surface area contributed by atoms with Crippen molar-refractivity contribution in [1.29, 1.82) is 0 Å². The van der Waals surface area contributed by atoms with Crippen LogP contribution in [-0.2, 0) is 4.79 Å². The maximum absolute atomic E-state index is 13.6. The van der Waals surface area contributed by atoms with E-state index < -0.39 is 11.6 Å². The molecule has 26 heavy (non-hydrogen) atoms. The highest BCUT2D eigenvalue weighted by Crippen LogP contribution is 2.20. The predicted octanol–water partition coefficient (Wildman–Crippen LogP) is 2.65. The van der Waals surface area contributed by atoms with Crippen molar-refractivity contribution in [2.24, 2.45) is 0 Å². The van der Waals surface area contributed by atoms with Gasteiger partial charge in [0.1, 0.15) is 11.6 Å². The summed E-state index contributed by atoms with van der Waals surface area (Å²) in [6.07, 6.45) is 6.76. The van der Waals surface area contributed by atoms with Crippen LogP contribution in [0.2, 0.25) is 0 Å². The summed E-state index contributed by atoms with van der Waals surface area (Å²) in [6.45, 7) is 4.17. The summed E-state index contributed by atoms with van der Waals surface area (Å²) in [4.78, 5) is 17.0. The Morgan fingerprint density at radius 1 is 1.15 bits per heavy atom. The highest BCUT2D eigenvalue weighted by molar-refractivity contribution is 5.92. The molecule has 1 aromatic carbocycles. The average Bonchev–Trinajstić information content (AvgIpc) is 2.62. The molecule has 2 fully saturated rings. The Hall–Kier alpha value is -1.79. The second-order valence-corrected chi connectivity index (χ2v) is 7.35. The SMILES string of the molecule is CN1CCC(N2CCC[C@@H](NC(=O)/C=C/c3c(F)cccc3F)C2)CC1. The van der Waals surface area contributed by atoms with Crippen LogP contribution in [0.1, 0.15) is 31.2 Å². The van der Waals surface area contributed by atoms with Gasteiger partial charge in [0.2, 0.25) is 5.91 Å². The normalized spacial score (nSPS) is 23.4. The van der Waals surface area contributed by atoms with Crippen molar-refractivity contribution in [2.75, 3.05) is 33.2 Å². The average molecular weight is 363 g/mol. The van der Waals surface area contributed by atoms with E-state index in [0.717, 1.165) is 39.0 Å². The number of likely N-dealkylation sites (tertiary alicyclic amines) is 2. The minimum absolute atomic E-state index is 0.0889. The third-order valence-corrected chi connectivity index (χ3v) is 5.40. The summed E-state index contributed by atoms with van der Waals surface area (Å²) < 4.78 is 27.2. The Labute approximate surface area is 153 Å². The Balaban J connectivity index is 1.53. The molecule has 4 nitrogen and oxygen atoms in total. The molecule has 0 radical (unpaired) electrons. The van der Waals surface area contributed by atoms with E-state index in [2.05, 4.69) is 22.2 Å². The summed E-state index contributed by atoms with van der Waals surface area (Å²) in [6, 6.07) is 4.35. The number of carbonyl (C=O) groups is 1. The summed E-state index contributed by atoms with van der Waals surface area (Å²) in [5.41, 5.74) is -0.181. The van der Waals surface area contributed by atoms with Crippen molar-refractivity contribution >= 4 is 12.0 Å². The molecule has 0 saturated carbocycles. The highest BCUT2D eigenvalue weighted by Gasteiger charge is 2.28. The molecule has 0 aromatic heterocycles. The molecule has 0 spiro atoms. The van der Waals surface area contributed by atoms with Gasteiger partial charge in [-0.3, -0.25) is 9.69 Å². The van der Waals surface area contributed by atoms with Gasteiger partial charge in [-0.1, -0.05) is 6.07 Å². The number of carbonyl (C=O) groups excluding carboxylic acids is 1. The van der Waals surface area contributed by atoms with E-state index in [1.54, 1.807) is 0 Å². The van der Waals surface area contributed by atoms with E-state index in [4.69, 9.17) is 0 Å². The van der Waals surface area contributed by atoms with E-state index in [1.807, 2.05) is 0 Å². The molecule has 1 N–H and O–H groups in total. The van der Waals surface area contributed by atoms with Crippen LogP contribution in [0, 0.1) is 11.6 Å². The standard InChI is InChI=1S/C20H27F2N3O/c1-24-12-9-16(10-13-24)25-11-3-4-15(14-25)23-20(26)8-7-17-18(21)5-2-6-19(17)22/h2,5-8,15-16H,3-4,9-14H2,1H3,(H,23,26)/b8-7+/t15-/m1/s1. The number of benzene rings is 1. The van der Waals surface area contributed by atoms with Crippen LogP contribution in [-0.4, -0.2) is 61.0 Å². The topological polar surface area (TPSA) is 35.6 Å². The first-order chi connectivity index (χ1) is 12.5. The number of amides is 1. The van der Waals surface area contributed by atoms with Crippen molar-refractivity contribution in [3.05, 3.63) is 41.5 Å². The number of hydrogen-bond donors (Lipinski definition) is 1. The summed E-state index contributed by atoms with van der Waals surface area (Å²) >= 11 is 0. The van der Waals surface area contributed by atoms with Crippen molar-refractivity contribution in [1.82, 2.24) is 15.1 Å². The summed E-state index contributed by atoms with van der Waals surface area (Å²) in [5, 5.41) is 2.98. The predicted molar refractivity (Wildman–Crippen MR) is 98.6 cm³/mol. The van der Waals surface area contributed by atoms with Gasteiger partial charge in [-0.05, 0) is 70.6 Å². The van der Waals surface area contributed by atoms with Crippen molar-refractivity contribution in [3.8, 4) is 0 Å². The van der Waals surface area contributed by atoms with Crippen LogP contribution in [0.15, 0.2) is 24.3 Å². The van der Waals surface area contributed by atoms with E-state index in [1.165, 1.54) is 43.2 Å². The molecule has 0 bridgehead atoms. The zero-order valence-corrected chi connectivity index (χ0v) is 15.3. The number of hydrogen-bond acceptors (Lipinski definition) is 3. The van der Waals surface area contributed by atoms with Gasteiger partial charge in [-0.25, -0.2) is 8.78 Å². The first-order valence-electron chi connectivity index (χ1n) is 9.38.